The number of benzene rings is 3. The number of primary amides is 1. The third-order valence-electron chi connectivity index (χ3n) is 4.51. The van der Waals surface area contributed by atoms with E-state index in [2.05, 4.69) is 41.0 Å². The Labute approximate surface area is 164 Å². The van der Waals surface area contributed by atoms with E-state index in [0.717, 1.165) is 27.8 Å². The Bertz CT molecular complexity index is 984. The summed E-state index contributed by atoms with van der Waals surface area (Å²) in [5.74, 6) is -0.328. The van der Waals surface area contributed by atoms with Gasteiger partial charge in [0.25, 0.3) is 0 Å². The van der Waals surface area contributed by atoms with Crippen molar-refractivity contribution in [2.45, 2.75) is 12.8 Å². The molecule has 28 heavy (non-hydrogen) atoms. The number of anilines is 1. The van der Waals surface area contributed by atoms with Crippen LogP contribution in [0.5, 0.6) is 0 Å². The molecule has 0 aliphatic carbocycles. The van der Waals surface area contributed by atoms with Crippen LogP contribution in [0.3, 0.4) is 0 Å². The standard InChI is InChI=1S/C23H23N3O2/c1-25-23(28)26-20-9-5-8-18(15-20)21-12-10-17(16-6-3-2-4-7-16)14-19(21)11-13-22(24)27/h2-10,12,14-15H,11,13H2,1H3,(H2,24,27)(H2,25,26,28). The maximum absolute atomic E-state index is 11.6. The maximum Gasteiger partial charge on any atom is 0.318 e. The van der Waals surface area contributed by atoms with Crippen molar-refractivity contribution in [2.24, 2.45) is 5.73 Å². The van der Waals surface area contributed by atoms with Gasteiger partial charge in [-0.25, -0.2) is 4.79 Å². The molecule has 0 spiro atoms. The number of hydrogen-bond acceptors (Lipinski definition) is 2. The van der Waals surface area contributed by atoms with Crippen molar-refractivity contribution in [3.63, 3.8) is 0 Å². The molecule has 0 aliphatic heterocycles. The number of carbonyl (C=O) groups is 2. The number of amides is 3. The van der Waals surface area contributed by atoms with Crippen molar-refractivity contribution in [3.8, 4) is 22.3 Å². The van der Waals surface area contributed by atoms with Crippen molar-refractivity contribution in [1.29, 1.82) is 0 Å². The Kier molecular flexibility index (Phi) is 6.07. The lowest BCUT2D eigenvalue weighted by molar-refractivity contribution is -0.117. The fraction of sp³-hybridized carbons (Fsp3) is 0.130. The molecule has 0 atom stereocenters. The van der Waals surface area contributed by atoms with E-state index in [1.165, 1.54) is 0 Å². The summed E-state index contributed by atoms with van der Waals surface area (Å²) in [4.78, 5) is 23.0. The lowest BCUT2D eigenvalue weighted by atomic mass is 9.92. The second-order valence-corrected chi connectivity index (χ2v) is 6.49. The molecular formula is C23H23N3O2. The van der Waals surface area contributed by atoms with Crippen LogP contribution in [0.25, 0.3) is 22.3 Å². The summed E-state index contributed by atoms with van der Waals surface area (Å²) in [6.45, 7) is 0. The van der Waals surface area contributed by atoms with Crippen molar-refractivity contribution in [1.82, 2.24) is 5.32 Å². The molecule has 0 bridgehead atoms. The predicted octanol–water partition coefficient (Wildman–Crippen LogP) is 4.19. The molecule has 4 N–H and O–H groups in total. The number of aryl methyl sites for hydroxylation is 1. The second kappa shape index (κ2) is 8.86. The van der Waals surface area contributed by atoms with Crippen LogP contribution in [0.4, 0.5) is 10.5 Å². The molecule has 3 aromatic carbocycles. The normalized spacial score (nSPS) is 10.3. The van der Waals surface area contributed by atoms with Gasteiger partial charge in [-0.2, -0.15) is 0 Å². The first kappa shape index (κ1) is 19.2. The molecule has 0 saturated heterocycles. The Hall–Kier alpha value is -3.60. The Balaban J connectivity index is 2.00. The molecular weight excluding hydrogens is 350 g/mol. The van der Waals surface area contributed by atoms with E-state index in [1.54, 1.807) is 7.05 Å². The van der Waals surface area contributed by atoms with Gasteiger partial charge in [0.2, 0.25) is 5.91 Å². The van der Waals surface area contributed by atoms with Gasteiger partial charge in [0.15, 0.2) is 0 Å². The number of carbonyl (C=O) groups excluding carboxylic acids is 2. The second-order valence-electron chi connectivity index (χ2n) is 6.49. The molecule has 0 heterocycles. The minimum Gasteiger partial charge on any atom is -0.370 e. The fourth-order valence-corrected chi connectivity index (χ4v) is 3.11. The fourth-order valence-electron chi connectivity index (χ4n) is 3.11. The van der Waals surface area contributed by atoms with E-state index in [4.69, 9.17) is 5.73 Å². The summed E-state index contributed by atoms with van der Waals surface area (Å²) in [7, 11) is 1.57. The molecule has 0 aliphatic rings. The quantitative estimate of drug-likeness (QED) is 0.605. The molecule has 3 aromatic rings. The topological polar surface area (TPSA) is 84.2 Å². The van der Waals surface area contributed by atoms with Crippen molar-refractivity contribution in [2.75, 3.05) is 12.4 Å². The van der Waals surface area contributed by atoms with Crippen LogP contribution >= 0.6 is 0 Å². The highest BCUT2D eigenvalue weighted by molar-refractivity contribution is 5.90. The van der Waals surface area contributed by atoms with Gasteiger partial charge >= 0.3 is 6.03 Å². The highest BCUT2D eigenvalue weighted by Gasteiger charge is 2.10. The summed E-state index contributed by atoms with van der Waals surface area (Å²) in [6, 6.07) is 23.7. The van der Waals surface area contributed by atoms with Gasteiger partial charge in [0, 0.05) is 19.2 Å². The lowest BCUT2D eigenvalue weighted by Crippen LogP contribution is -2.24. The summed E-state index contributed by atoms with van der Waals surface area (Å²) >= 11 is 0. The Morgan fingerprint density at radius 1 is 0.857 bits per heavy atom. The van der Waals surface area contributed by atoms with Crippen molar-refractivity contribution in [3.05, 3.63) is 78.4 Å². The molecule has 0 radical (unpaired) electrons. The number of nitrogens with one attached hydrogen (secondary N) is 2. The van der Waals surface area contributed by atoms with Gasteiger partial charge in [-0.3, -0.25) is 4.79 Å². The number of nitrogens with two attached hydrogens (primary N) is 1. The van der Waals surface area contributed by atoms with E-state index in [-0.39, 0.29) is 18.4 Å². The number of rotatable bonds is 6. The predicted molar refractivity (Wildman–Crippen MR) is 113 cm³/mol. The molecule has 5 nitrogen and oxygen atoms in total. The molecule has 3 amide bonds. The Morgan fingerprint density at radius 2 is 1.61 bits per heavy atom. The van der Waals surface area contributed by atoms with Gasteiger partial charge in [-0.15, -0.1) is 0 Å². The highest BCUT2D eigenvalue weighted by Crippen LogP contribution is 2.31. The van der Waals surface area contributed by atoms with Crippen LogP contribution in [-0.2, 0) is 11.2 Å². The molecule has 0 unspecified atom stereocenters. The third kappa shape index (κ3) is 4.76. The van der Waals surface area contributed by atoms with Crippen LogP contribution in [0.1, 0.15) is 12.0 Å². The molecule has 3 rings (SSSR count). The maximum atomic E-state index is 11.6. The molecule has 0 aromatic heterocycles. The van der Waals surface area contributed by atoms with Crippen molar-refractivity contribution < 1.29 is 9.59 Å². The molecule has 0 fully saturated rings. The molecule has 142 valence electrons. The van der Waals surface area contributed by atoms with E-state index in [0.29, 0.717) is 12.1 Å². The lowest BCUT2D eigenvalue weighted by Gasteiger charge is -2.14. The summed E-state index contributed by atoms with van der Waals surface area (Å²) in [6.07, 6.45) is 0.833. The summed E-state index contributed by atoms with van der Waals surface area (Å²) in [5.41, 5.74) is 11.3. The van der Waals surface area contributed by atoms with E-state index in [1.807, 2.05) is 42.5 Å². The smallest absolute Gasteiger partial charge is 0.318 e. The first-order chi connectivity index (χ1) is 13.6. The minimum atomic E-state index is -0.328. The Morgan fingerprint density at radius 3 is 2.32 bits per heavy atom. The van der Waals surface area contributed by atoms with Gasteiger partial charge < -0.3 is 16.4 Å². The zero-order valence-corrected chi connectivity index (χ0v) is 15.7. The largest absolute Gasteiger partial charge is 0.370 e. The van der Waals surface area contributed by atoms with Gasteiger partial charge in [0.1, 0.15) is 0 Å². The zero-order chi connectivity index (χ0) is 19.9. The first-order valence-electron chi connectivity index (χ1n) is 9.12. The van der Waals surface area contributed by atoms with Crippen molar-refractivity contribution >= 4 is 17.6 Å². The molecule has 5 heteroatoms. The summed E-state index contributed by atoms with van der Waals surface area (Å²) < 4.78 is 0. The van der Waals surface area contributed by atoms with E-state index >= 15 is 0 Å². The average Bonchev–Trinajstić information content (AvgIpc) is 2.72. The van der Waals surface area contributed by atoms with Crippen LogP contribution in [-0.4, -0.2) is 19.0 Å². The van der Waals surface area contributed by atoms with Gasteiger partial charge in [0.05, 0.1) is 0 Å². The average molecular weight is 373 g/mol. The van der Waals surface area contributed by atoms with Gasteiger partial charge in [-0.05, 0) is 46.4 Å². The van der Waals surface area contributed by atoms with Crippen LogP contribution in [0, 0.1) is 0 Å². The number of hydrogen-bond donors (Lipinski definition) is 3. The number of urea groups is 1. The van der Waals surface area contributed by atoms with E-state index in [9.17, 15) is 9.59 Å². The van der Waals surface area contributed by atoms with Gasteiger partial charge in [-0.1, -0.05) is 60.7 Å². The van der Waals surface area contributed by atoms with Crippen LogP contribution in [0.15, 0.2) is 72.8 Å². The molecule has 0 saturated carbocycles. The first-order valence-corrected chi connectivity index (χ1v) is 9.12. The highest BCUT2D eigenvalue weighted by atomic mass is 16.2. The monoisotopic (exact) mass is 373 g/mol. The SMILES string of the molecule is CNC(=O)Nc1cccc(-c2ccc(-c3ccccc3)cc2CCC(N)=O)c1. The summed E-state index contributed by atoms with van der Waals surface area (Å²) in [5, 5.41) is 5.33. The third-order valence-corrected chi connectivity index (χ3v) is 4.51. The minimum absolute atomic E-state index is 0.273. The van der Waals surface area contributed by atoms with E-state index < -0.39 is 0 Å². The zero-order valence-electron chi connectivity index (χ0n) is 15.7. The van der Waals surface area contributed by atoms with Crippen LogP contribution < -0.4 is 16.4 Å². The van der Waals surface area contributed by atoms with Crippen LogP contribution in [0.2, 0.25) is 0 Å².